The van der Waals surface area contributed by atoms with Gasteiger partial charge in [-0.05, 0) is 24.3 Å². The molecule has 0 aliphatic carbocycles. The number of rotatable bonds is 3. The zero-order valence-electron chi connectivity index (χ0n) is 9.57. The Bertz CT molecular complexity index is 650. The van der Waals surface area contributed by atoms with Crippen molar-refractivity contribution in [3.05, 3.63) is 42.6 Å². The average molecular weight is 265 g/mol. The van der Waals surface area contributed by atoms with E-state index < -0.39 is 9.84 Å². The predicted octanol–water partition coefficient (Wildman–Crippen LogP) is 1.98. The maximum atomic E-state index is 11.2. The lowest BCUT2D eigenvalue weighted by molar-refractivity contribution is 0.410. The number of benzene rings is 1. The van der Waals surface area contributed by atoms with E-state index in [4.69, 9.17) is 4.74 Å². The van der Waals surface area contributed by atoms with Gasteiger partial charge < -0.3 is 9.84 Å². The summed E-state index contributed by atoms with van der Waals surface area (Å²) in [6.07, 6.45) is 2.38. The van der Waals surface area contributed by atoms with Gasteiger partial charge in [0.1, 0.15) is 5.75 Å². The third kappa shape index (κ3) is 2.78. The van der Waals surface area contributed by atoms with E-state index in [1.165, 1.54) is 24.4 Å². The van der Waals surface area contributed by atoms with Crippen molar-refractivity contribution in [3.8, 4) is 17.2 Å². The maximum Gasteiger partial charge on any atom is 0.192 e. The quantitative estimate of drug-likeness (QED) is 0.918. The molecule has 0 saturated carbocycles. The highest BCUT2D eigenvalue weighted by Crippen LogP contribution is 2.29. The van der Waals surface area contributed by atoms with Crippen LogP contribution in [-0.4, -0.2) is 24.8 Å². The SMILES string of the molecule is CS(=O)(=O)c1ccc(Oc2ccccc2O)cn1. The molecule has 18 heavy (non-hydrogen) atoms. The molecule has 94 valence electrons. The summed E-state index contributed by atoms with van der Waals surface area (Å²) in [6.45, 7) is 0. The van der Waals surface area contributed by atoms with Crippen molar-refractivity contribution in [3.63, 3.8) is 0 Å². The molecule has 1 aromatic heterocycles. The number of phenolic OH excluding ortho intramolecular Hbond substituents is 1. The van der Waals surface area contributed by atoms with Crippen LogP contribution in [0.1, 0.15) is 0 Å². The second-order valence-corrected chi connectivity index (χ2v) is 5.64. The normalized spacial score (nSPS) is 11.2. The average Bonchev–Trinajstić information content (AvgIpc) is 2.32. The van der Waals surface area contributed by atoms with Crippen LogP contribution in [0.3, 0.4) is 0 Å². The summed E-state index contributed by atoms with van der Waals surface area (Å²) < 4.78 is 27.8. The van der Waals surface area contributed by atoms with Crippen LogP contribution in [0.25, 0.3) is 0 Å². The first kappa shape index (κ1) is 12.4. The molecule has 1 aromatic carbocycles. The lowest BCUT2D eigenvalue weighted by Gasteiger charge is -2.07. The Morgan fingerprint density at radius 2 is 1.89 bits per heavy atom. The number of para-hydroxylation sites is 2. The number of aromatic nitrogens is 1. The first-order valence-electron chi connectivity index (χ1n) is 5.09. The molecule has 6 heteroatoms. The molecule has 0 aliphatic rings. The summed E-state index contributed by atoms with van der Waals surface area (Å²) in [5.41, 5.74) is 0. The van der Waals surface area contributed by atoms with E-state index in [1.807, 2.05) is 0 Å². The van der Waals surface area contributed by atoms with Crippen LogP contribution < -0.4 is 4.74 Å². The van der Waals surface area contributed by atoms with Gasteiger partial charge >= 0.3 is 0 Å². The Kier molecular flexibility index (Phi) is 3.20. The zero-order chi connectivity index (χ0) is 13.2. The third-order valence-electron chi connectivity index (χ3n) is 2.18. The molecule has 2 aromatic rings. The number of pyridine rings is 1. The number of sulfone groups is 1. The molecule has 2 rings (SSSR count). The maximum absolute atomic E-state index is 11.2. The summed E-state index contributed by atoms with van der Waals surface area (Å²) in [5.74, 6) is 0.639. The Hall–Kier alpha value is -2.08. The molecule has 1 heterocycles. The molecule has 0 saturated heterocycles. The van der Waals surface area contributed by atoms with E-state index in [-0.39, 0.29) is 16.5 Å². The van der Waals surface area contributed by atoms with Crippen LogP contribution in [0.4, 0.5) is 0 Å². The van der Waals surface area contributed by atoms with Gasteiger partial charge in [-0.3, -0.25) is 0 Å². The molecule has 0 unspecified atom stereocenters. The van der Waals surface area contributed by atoms with E-state index >= 15 is 0 Å². The number of phenols is 1. The van der Waals surface area contributed by atoms with Crippen LogP contribution >= 0.6 is 0 Å². The summed E-state index contributed by atoms with van der Waals surface area (Å²) in [4.78, 5) is 3.78. The number of aromatic hydroxyl groups is 1. The molecule has 0 spiro atoms. The number of hydrogen-bond donors (Lipinski definition) is 1. The number of nitrogens with zero attached hydrogens (tertiary/aromatic N) is 1. The van der Waals surface area contributed by atoms with Crippen LogP contribution in [0.2, 0.25) is 0 Å². The van der Waals surface area contributed by atoms with Gasteiger partial charge in [0.05, 0.1) is 6.20 Å². The second-order valence-electron chi connectivity index (χ2n) is 3.67. The van der Waals surface area contributed by atoms with Crippen molar-refractivity contribution in [1.82, 2.24) is 4.98 Å². The number of ether oxygens (including phenoxy) is 1. The summed E-state index contributed by atoms with van der Waals surface area (Å²) in [7, 11) is -3.32. The monoisotopic (exact) mass is 265 g/mol. The fraction of sp³-hybridized carbons (Fsp3) is 0.0833. The predicted molar refractivity (Wildman–Crippen MR) is 65.5 cm³/mol. The van der Waals surface area contributed by atoms with E-state index in [9.17, 15) is 13.5 Å². The standard InChI is InChI=1S/C12H11NO4S/c1-18(15,16)12-7-6-9(8-13-12)17-11-5-3-2-4-10(11)14/h2-8,14H,1H3. The van der Waals surface area contributed by atoms with Crippen molar-refractivity contribution in [2.24, 2.45) is 0 Å². The molecule has 0 aliphatic heterocycles. The van der Waals surface area contributed by atoms with Crippen LogP contribution in [0.15, 0.2) is 47.6 Å². The summed E-state index contributed by atoms with van der Waals surface area (Å²) >= 11 is 0. The summed E-state index contributed by atoms with van der Waals surface area (Å²) in [6, 6.07) is 9.31. The van der Waals surface area contributed by atoms with Crippen molar-refractivity contribution in [2.75, 3.05) is 6.26 Å². The Labute approximate surface area is 105 Å². The zero-order valence-corrected chi connectivity index (χ0v) is 10.4. The lowest BCUT2D eigenvalue weighted by Crippen LogP contribution is -1.99. The highest BCUT2D eigenvalue weighted by Gasteiger charge is 2.09. The Morgan fingerprint density at radius 3 is 2.44 bits per heavy atom. The molecular formula is C12H11NO4S. The minimum Gasteiger partial charge on any atom is -0.504 e. The van der Waals surface area contributed by atoms with Crippen molar-refractivity contribution < 1.29 is 18.3 Å². The van der Waals surface area contributed by atoms with Crippen molar-refractivity contribution >= 4 is 9.84 Å². The van der Waals surface area contributed by atoms with Crippen LogP contribution in [0.5, 0.6) is 17.2 Å². The Balaban J connectivity index is 2.24. The molecule has 0 radical (unpaired) electrons. The van der Waals surface area contributed by atoms with Gasteiger partial charge in [-0.25, -0.2) is 13.4 Å². The van der Waals surface area contributed by atoms with Gasteiger partial charge in [0.2, 0.25) is 0 Å². The molecule has 0 atom stereocenters. The third-order valence-corrected chi connectivity index (χ3v) is 3.18. The molecule has 1 N–H and O–H groups in total. The lowest BCUT2D eigenvalue weighted by atomic mass is 10.3. The fourth-order valence-electron chi connectivity index (χ4n) is 1.32. The fourth-order valence-corrected chi connectivity index (χ4v) is 1.88. The van der Waals surface area contributed by atoms with Crippen LogP contribution in [-0.2, 0) is 9.84 Å². The highest BCUT2D eigenvalue weighted by molar-refractivity contribution is 7.90. The highest BCUT2D eigenvalue weighted by atomic mass is 32.2. The van der Waals surface area contributed by atoms with E-state index in [0.717, 1.165) is 6.26 Å². The molecular weight excluding hydrogens is 254 g/mol. The van der Waals surface area contributed by atoms with Gasteiger partial charge in [-0.2, -0.15) is 0 Å². The van der Waals surface area contributed by atoms with Crippen molar-refractivity contribution in [2.45, 2.75) is 5.03 Å². The minimum absolute atomic E-state index is 0.00434. The largest absolute Gasteiger partial charge is 0.504 e. The van der Waals surface area contributed by atoms with Gasteiger partial charge in [0, 0.05) is 6.26 Å². The number of hydrogen-bond acceptors (Lipinski definition) is 5. The molecule has 0 fully saturated rings. The van der Waals surface area contributed by atoms with Gasteiger partial charge in [-0.1, -0.05) is 12.1 Å². The van der Waals surface area contributed by atoms with E-state index in [0.29, 0.717) is 5.75 Å². The topological polar surface area (TPSA) is 76.5 Å². The van der Waals surface area contributed by atoms with Gasteiger partial charge in [-0.15, -0.1) is 0 Å². The van der Waals surface area contributed by atoms with Crippen LogP contribution in [0, 0.1) is 0 Å². The smallest absolute Gasteiger partial charge is 0.192 e. The molecule has 0 bridgehead atoms. The van der Waals surface area contributed by atoms with Gasteiger partial charge in [0.25, 0.3) is 0 Å². The molecule has 5 nitrogen and oxygen atoms in total. The Morgan fingerprint density at radius 1 is 1.17 bits per heavy atom. The van der Waals surface area contributed by atoms with Gasteiger partial charge in [0.15, 0.2) is 26.4 Å². The second kappa shape index (κ2) is 4.66. The first-order chi connectivity index (χ1) is 8.47. The first-order valence-corrected chi connectivity index (χ1v) is 6.98. The van der Waals surface area contributed by atoms with E-state index in [2.05, 4.69) is 4.98 Å². The van der Waals surface area contributed by atoms with Crippen molar-refractivity contribution in [1.29, 1.82) is 0 Å². The van der Waals surface area contributed by atoms with E-state index in [1.54, 1.807) is 18.2 Å². The molecule has 0 amide bonds. The summed E-state index contributed by atoms with van der Waals surface area (Å²) in [5, 5.41) is 9.49. The minimum atomic E-state index is -3.32.